The van der Waals surface area contributed by atoms with E-state index < -0.39 is 0 Å². The number of carbonyl (C=O) groups excluding carboxylic acids is 1. The van der Waals surface area contributed by atoms with E-state index in [9.17, 15) is 4.79 Å². The molecule has 168 valence electrons. The quantitative estimate of drug-likeness (QED) is 0.440. The fourth-order valence-corrected chi connectivity index (χ4v) is 4.66. The monoisotopic (exact) mass is 450 g/mol. The predicted octanol–water partition coefficient (Wildman–Crippen LogP) is 5.32. The molecule has 0 bridgehead atoms. The molecule has 0 N–H and O–H groups in total. The molecular formula is C26H30N2O3S. The SMILES string of the molecule is COc1cc(/C=C2/C(=O)N(C3CCCCC3)C(=S)N2C)ccc1OCc1ccc(C)cc1. The van der Waals surface area contributed by atoms with E-state index in [0.717, 1.165) is 36.8 Å². The van der Waals surface area contributed by atoms with Crippen LogP contribution in [0.3, 0.4) is 0 Å². The first kappa shape index (κ1) is 22.3. The minimum Gasteiger partial charge on any atom is -0.493 e. The van der Waals surface area contributed by atoms with Crippen LogP contribution in [0.2, 0.25) is 0 Å². The lowest BCUT2D eigenvalue weighted by atomic mass is 9.94. The first-order valence-corrected chi connectivity index (χ1v) is 11.6. The Kier molecular flexibility index (Phi) is 6.80. The summed E-state index contributed by atoms with van der Waals surface area (Å²) in [5.74, 6) is 1.29. The Hall–Kier alpha value is -2.86. The number of rotatable bonds is 6. The van der Waals surface area contributed by atoms with Crippen LogP contribution in [0.15, 0.2) is 48.2 Å². The standard InChI is InChI=1S/C26H30N2O3S/c1-18-9-11-19(12-10-18)17-31-23-14-13-20(16-24(23)30-3)15-22-25(29)28(26(32)27(22)2)21-7-5-4-6-8-21/h9-16,21H,4-8,17H2,1-3H3/b22-15-. The number of hydrogen-bond acceptors (Lipinski definition) is 4. The summed E-state index contributed by atoms with van der Waals surface area (Å²) in [5, 5.41) is 0.596. The first-order valence-electron chi connectivity index (χ1n) is 11.2. The Balaban J connectivity index is 1.52. The molecule has 1 heterocycles. The third-order valence-electron chi connectivity index (χ3n) is 6.24. The van der Waals surface area contributed by atoms with E-state index in [2.05, 4.69) is 31.2 Å². The molecular weight excluding hydrogens is 420 g/mol. The minimum atomic E-state index is -0.0111. The molecule has 2 aromatic carbocycles. The maximum absolute atomic E-state index is 13.2. The van der Waals surface area contributed by atoms with Crippen LogP contribution in [0, 0.1) is 6.92 Å². The third-order valence-corrected chi connectivity index (χ3v) is 6.71. The molecule has 1 saturated heterocycles. The number of thiocarbonyl (C=S) groups is 1. The maximum Gasteiger partial charge on any atom is 0.277 e. The summed E-state index contributed by atoms with van der Waals surface area (Å²) < 4.78 is 11.5. The van der Waals surface area contributed by atoms with Crippen LogP contribution in [0.1, 0.15) is 48.8 Å². The largest absolute Gasteiger partial charge is 0.493 e. The van der Waals surface area contributed by atoms with Crippen LogP contribution in [-0.4, -0.2) is 41.0 Å². The van der Waals surface area contributed by atoms with Crippen molar-refractivity contribution >= 4 is 29.3 Å². The molecule has 2 aromatic rings. The first-order chi connectivity index (χ1) is 15.5. The molecule has 1 aliphatic carbocycles. The lowest BCUT2D eigenvalue weighted by Crippen LogP contribution is -2.41. The topological polar surface area (TPSA) is 42.0 Å². The van der Waals surface area contributed by atoms with Gasteiger partial charge in [-0.05, 0) is 61.3 Å². The highest BCUT2D eigenvalue weighted by Crippen LogP contribution is 2.33. The van der Waals surface area contributed by atoms with Crippen LogP contribution in [0.5, 0.6) is 11.5 Å². The number of hydrogen-bond donors (Lipinski definition) is 0. The van der Waals surface area contributed by atoms with Gasteiger partial charge in [-0.15, -0.1) is 0 Å². The van der Waals surface area contributed by atoms with Crippen molar-refractivity contribution in [1.82, 2.24) is 9.80 Å². The van der Waals surface area contributed by atoms with E-state index in [1.54, 1.807) is 7.11 Å². The number of aryl methyl sites for hydroxylation is 1. The molecule has 1 amide bonds. The van der Waals surface area contributed by atoms with E-state index in [-0.39, 0.29) is 11.9 Å². The molecule has 1 aliphatic heterocycles. The summed E-state index contributed by atoms with van der Waals surface area (Å²) in [4.78, 5) is 16.8. The van der Waals surface area contributed by atoms with Crippen LogP contribution in [0.4, 0.5) is 0 Å². The smallest absolute Gasteiger partial charge is 0.277 e. The third kappa shape index (κ3) is 4.65. The Bertz CT molecular complexity index is 1030. The highest BCUT2D eigenvalue weighted by molar-refractivity contribution is 7.80. The minimum absolute atomic E-state index is 0.0111. The number of ether oxygens (including phenoxy) is 2. The Labute approximate surface area is 195 Å². The zero-order valence-electron chi connectivity index (χ0n) is 19.0. The fraction of sp³-hybridized carbons (Fsp3) is 0.385. The molecule has 2 aliphatic rings. The second-order valence-corrected chi connectivity index (χ2v) is 8.89. The van der Waals surface area contributed by atoms with Crippen LogP contribution < -0.4 is 9.47 Å². The molecule has 0 atom stereocenters. The van der Waals surface area contributed by atoms with Crippen molar-refractivity contribution < 1.29 is 14.3 Å². The molecule has 32 heavy (non-hydrogen) atoms. The number of likely N-dealkylation sites (N-methyl/N-ethyl adjacent to an activating group) is 1. The number of benzene rings is 2. The molecule has 1 saturated carbocycles. The Morgan fingerprint density at radius 2 is 1.78 bits per heavy atom. The molecule has 0 radical (unpaired) electrons. The lowest BCUT2D eigenvalue weighted by molar-refractivity contribution is -0.124. The van der Waals surface area contributed by atoms with Gasteiger partial charge in [0, 0.05) is 13.1 Å². The van der Waals surface area contributed by atoms with Gasteiger partial charge in [0.1, 0.15) is 12.3 Å². The Morgan fingerprint density at radius 3 is 2.47 bits per heavy atom. The second kappa shape index (κ2) is 9.74. The zero-order chi connectivity index (χ0) is 22.7. The van der Waals surface area contributed by atoms with E-state index in [1.807, 2.05) is 41.1 Å². The normalized spacial score (nSPS) is 18.5. The van der Waals surface area contributed by atoms with E-state index in [0.29, 0.717) is 28.9 Å². The van der Waals surface area contributed by atoms with E-state index in [4.69, 9.17) is 21.7 Å². The van der Waals surface area contributed by atoms with Gasteiger partial charge in [-0.1, -0.05) is 55.2 Å². The maximum atomic E-state index is 13.2. The van der Waals surface area contributed by atoms with E-state index in [1.165, 1.54) is 12.0 Å². The van der Waals surface area contributed by atoms with Gasteiger partial charge in [-0.3, -0.25) is 9.69 Å². The van der Waals surface area contributed by atoms with Crippen molar-refractivity contribution in [2.75, 3.05) is 14.2 Å². The van der Waals surface area contributed by atoms with Crippen LogP contribution in [0.25, 0.3) is 6.08 Å². The highest BCUT2D eigenvalue weighted by Gasteiger charge is 2.40. The van der Waals surface area contributed by atoms with Crippen molar-refractivity contribution in [2.45, 2.75) is 51.7 Å². The molecule has 0 spiro atoms. The predicted molar refractivity (Wildman–Crippen MR) is 131 cm³/mol. The van der Waals surface area contributed by atoms with Crippen LogP contribution in [-0.2, 0) is 11.4 Å². The molecule has 6 heteroatoms. The summed E-state index contributed by atoms with van der Waals surface area (Å²) in [7, 11) is 3.49. The summed E-state index contributed by atoms with van der Waals surface area (Å²) >= 11 is 5.62. The summed E-state index contributed by atoms with van der Waals surface area (Å²) in [5.41, 5.74) is 3.78. The van der Waals surface area contributed by atoms with Gasteiger partial charge in [0.15, 0.2) is 16.6 Å². The fourth-order valence-electron chi connectivity index (χ4n) is 4.33. The molecule has 4 rings (SSSR count). The lowest BCUT2D eigenvalue weighted by Gasteiger charge is -2.30. The van der Waals surface area contributed by atoms with Gasteiger partial charge in [-0.2, -0.15) is 0 Å². The van der Waals surface area contributed by atoms with Crippen LogP contribution >= 0.6 is 12.2 Å². The number of methoxy groups -OCH3 is 1. The average Bonchev–Trinajstić information content (AvgIpc) is 3.02. The summed E-state index contributed by atoms with van der Waals surface area (Å²) in [6.07, 6.45) is 7.47. The van der Waals surface area contributed by atoms with Crippen molar-refractivity contribution in [2.24, 2.45) is 0 Å². The van der Waals surface area contributed by atoms with Gasteiger partial charge in [-0.25, -0.2) is 0 Å². The molecule has 2 fully saturated rings. The number of amides is 1. The second-order valence-electron chi connectivity index (χ2n) is 8.52. The Morgan fingerprint density at radius 1 is 1.06 bits per heavy atom. The zero-order valence-corrected chi connectivity index (χ0v) is 19.8. The van der Waals surface area contributed by atoms with Gasteiger partial charge >= 0.3 is 0 Å². The van der Waals surface area contributed by atoms with Crippen molar-refractivity contribution in [1.29, 1.82) is 0 Å². The van der Waals surface area contributed by atoms with Gasteiger partial charge in [0.25, 0.3) is 5.91 Å². The molecule has 5 nitrogen and oxygen atoms in total. The van der Waals surface area contributed by atoms with Crippen molar-refractivity contribution in [3.05, 3.63) is 64.9 Å². The number of carbonyl (C=O) groups is 1. The number of nitrogens with zero attached hydrogens (tertiary/aromatic N) is 2. The van der Waals surface area contributed by atoms with E-state index >= 15 is 0 Å². The van der Waals surface area contributed by atoms with Crippen molar-refractivity contribution in [3.8, 4) is 11.5 Å². The van der Waals surface area contributed by atoms with Gasteiger partial charge in [0.05, 0.1) is 7.11 Å². The summed E-state index contributed by atoms with van der Waals surface area (Å²) in [6.45, 7) is 2.53. The summed E-state index contributed by atoms with van der Waals surface area (Å²) in [6, 6.07) is 14.2. The molecule has 0 unspecified atom stereocenters. The molecule has 0 aromatic heterocycles. The van der Waals surface area contributed by atoms with Gasteiger partial charge < -0.3 is 14.4 Å². The average molecular weight is 451 g/mol. The van der Waals surface area contributed by atoms with Crippen molar-refractivity contribution in [3.63, 3.8) is 0 Å². The highest BCUT2D eigenvalue weighted by atomic mass is 32.1. The van der Waals surface area contributed by atoms with Gasteiger partial charge in [0.2, 0.25) is 0 Å².